The molecule has 1 unspecified atom stereocenters. The highest BCUT2D eigenvalue weighted by Crippen LogP contribution is 2.47. The van der Waals surface area contributed by atoms with E-state index in [2.05, 4.69) is 5.32 Å². The summed E-state index contributed by atoms with van der Waals surface area (Å²) in [5.74, 6) is -0.652. The van der Waals surface area contributed by atoms with Crippen LogP contribution in [0.15, 0.2) is 46.8 Å². The van der Waals surface area contributed by atoms with E-state index < -0.39 is 5.41 Å². The summed E-state index contributed by atoms with van der Waals surface area (Å²) in [5, 5.41) is 3.31. The van der Waals surface area contributed by atoms with E-state index in [-0.39, 0.29) is 17.7 Å². The third-order valence-electron chi connectivity index (χ3n) is 5.41. The van der Waals surface area contributed by atoms with Crippen LogP contribution in [-0.4, -0.2) is 18.9 Å². The van der Waals surface area contributed by atoms with Gasteiger partial charge >= 0.3 is 5.97 Å². The number of carbonyl (C=O) groups is 2. The van der Waals surface area contributed by atoms with E-state index in [4.69, 9.17) is 4.74 Å². The number of esters is 1. The van der Waals surface area contributed by atoms with Crippen molar-refractivity contribution in [1.82, 2.24) is 5.32 Å². The second-order valence-electron chi connectivity index (χ2n) is 7.55. The number of methoxy groups -OCH3 is 1. The monoisotopic (exact) mass is 339 g/mol. The molecule has 1 aliphatic heterocycles. The third-order valence-corrected chi connectivity index (χ3v) is 5.41. The van der Waals surface area contributed by atoms with Gasteiger partial charge in [0.05, 0.1) is 12.7 Å². The lowest BCUT2D eigenvalue weighted by Crippen LogP contribution is -2.40. The summed E-state index contributed by atoms with van der Waals surface area (Å²) in [7, 11) is 1.38. The van der Waals surface area contributed by atoms with Crippen LogP contribution < -0.4 is 5.32 Å². The number of carbonyl (C=O) groups excluding carboxylic acids is 2. The number of allylic oxidation sites excluding steroid dienone is 3. The number of benzene rings is 1. The van der Waals surface area contributed by atoms with Crippen LogP contribution in [0, 0.1) is 12.3 Å². The van der Waals surface area contributed by atoms with Gasteiger partial charge < -0.3 is 10.1 Å². The molecule has 0 fully saturated rings. The minimum Gasteiger partial charge on any atom is -0.466 e. The molecule has 25 heavy (non-hydrogen) atoms. The maximum atomic E-state index is 13.3. The number of aryl methyl sites for hydroxylation is 1. The van der Waals surface area contributed by atoms with Gasteiger partial charge in [-0.05, 0) is 37.8 Å². The zero-order valence-corrected chi connectivity index (χ0v) is 15.5. The van der Waals surface area contributed by atoms with Gasteiger partial charge in [0.15, 0.2) is 5.78 Å². The van der Waals surface area contributed by atoms with E-state index in [0.717, 1.165) is 40.9 Å². The summed E-state index contributed by atoms with van der Waals surface area (Å²) in [4.78, 5) is 25.8. The van der Waals surface area contributed by atoms with Gasteiger partial charge in [-0.3, -0.25) is 4.79 Å². The average Bonchev–Trinajstić information content (AvgIpc) is 2.57. The van der Waals surface area contributed by atoms with E-state index >= 15 is 0 Å². The lowest BCUT2D eigenvalue weighted by molar-refractivity contribution is -0.136. The standard InChI is InChI=1S/C21H25NO3/c1-12-8-6-7-9-14(12)17-16(20(24)25-5)13(2)22-15-10-11-21(3,4)19(23)18(15)17/h6-9,17,22H,10-11H2,1-5H3. The van der Waals surface area contributed by atoms with Crippen molar-refractivity contribution in [1.29, 1.82) is 0 Å². The molecule has 1 atom stereocenters. The molecule has 1 aromatic carbocycles. The van der Waals surface area contributed by atoms with Gasteiger partial charge in [-0.1, -0.05) is 38.1 Å². The molecule has 0 saturated heterocycles. The Bertz CT molecular complexity index is 814. The minimum atomic E-state index is -0.423. The Kier molecular flexibility index (Phi) is 4.31. The summed E-state index contributed by atoms with van der Waals surface area (Å²) < 4.78 is 5.05. The van der Waals surface area contributed by atoms with Gasteiger partial charge in [-0.25, -0.2) is 4.79 Å². The van der Waals surface area contributed by atoms with E-state index in [1.807, 2.05) is 52.0 Å². The quantitative estimate of drug-likeness (QED) is 0.833. The maximum absolute atomic E-state index is 13.3. The van der Waals surface area contributed by atoms with Crippen molar-refractivity contribution in [3.05, 3.63) is 57.9 Å². The Morgan fingerprint density at radius 2 is 1.92 bits per heavy atom. The molecule has 0 saturated carbocycles. The van der Waals surface area contributed by atoms with E-state index in [1.165, 1.54) is 7.11 Å². The molecule has 4 heteroatoms. The van der Waals surface area contributed by atoms with Crippen LogP contribution in [0.2, 0.25) is 0 Å². The third kappa shape index (κ3) is 2.80. The first-order valence-electron chi connectivity index (χ1n) is 8.67. The Morgan fingerprint density at radius 1 is 1.24 bits per heavy atom. The van der Waals surface area contributed by atoms with Gasteiger partial charge in [0.1, 0.15) is 0 Å². The second-order valence-corrected chi connectivity index (χ2v) is 7.55. The fourth-order valence-electron chi connectivity index (χ4n) is 3.88. The van der Waals surface area contributed by atoms with Crippen LogP contribution in [-0.2, 0) is 14.3 Å². The van der Waals surface area contributed by atoms with Crippen LogP contribution in [0.3, 0.4) is 0 Å². The Morgan fingerprint density at radius 3 is 2.56 bits per heavy atom. The van der Waals surface area contributed by atoms with Crippen molar-refractivity contribution in [2.45, 2.75) is 46.5 Å². The first-order valence-corrected chi connectivity index (χ1v) is 8.67. The van der Waals surface area contributed by atoms with E-state index in [9.17, 15) is 9.59 Å². The highest BCUT2D eigenvalue weighted by Gasteiger charge is 2.45. The summed E-state index contributed by atoms with van der Waals surface area (Å²) in [6.07, 6.45) is 1.61. The van der Waals surface area contributed by atoms with Crippen LogP contribution in [0.1, 0.15) is 50.7 Å². The zero-order valence-electron chi connectivity index (χ0n) is 15.5. The normalized spacial score (nSPS) is 22.4. The fraction of sp³-hybridized carbons (Fsp3) is 0.429. The van der Waals surface area contributed by atoms with Crippen molar-refractivity contribution in [3.8, 4) is 0 Å². The number of Topliss-reactive ketones (excluding diaryl/α,β-unsaturated/α-hetero) is 1. The number of ketones is 1. The van der Waals surface area contributed by atoms with Gasteiger partial charge in [0.25, 0.3) is 0 Å². The topological polar surface area (TPSA) is 55.4 Å². The molecule has 2 aliphatic rings. The predicted octanol–water partition coefficient (Wildman–Crippen LogP) is 3.77. The van der Waals surface area contributed by atoms with Crippen LogP contribution >= 0.6 is 0 Å². The van der Waals surface area contributed by atoms with Crippen molar-refractivity contribution in [3.63, 3.8) is 0 Å². The minimum absolute atomic E-state index is 0.114. The van der Waals surface area contributed by atoms with Gasteiger partial charge in [0.2, 0.25) is 0 Å². The van der Waals surface area contributed by atoms with Crippen molar-refractivity contribution < 1.29 is 14.3 Å². The first kappa shape index (κ1) is 17.5. The smallest absolute Gasteiger partial charge is 0.336 e. The Hall–Kier alpha value is -2.36. The molecular formula is C21H25NO3. The molecule has 1 heterocycles. The van der Waals surface area contributed by atoms with Crippen molar-refractivity contribution in [2.75, 3.05) is 7.11 Å². The zero-order chi connectivity index (χ0) is 18.4. The maximum Gasteiger partial charge on any atom is 0.336 e. The van der Waals surface area contributed by atoms with Crippen LogP contribution in [0.25, 0.3) is 0 Å². The highest BCUT2D eigenvalue weighted by atomic mass is 16.5. The Labute approximate surface area is 149 Å². The SMILES string of the molecule is COC(=O)C1=C(C)NC2=C(C(=O)C(C)(C)CC2)C1c1ccccc1C. The molecule has 4 nitrogen and oxygen atoms in total. The molecule has 3 rings (SSSR count). The fourth-order valence-corrected chi connectivity index (χ4v) is 3.88. The summed E-state index contributed by atoms with van der Waals surface area (Å²) >= 11 is 0. The first-order chi connectivity index (χ1) is 11.8. The summed E-state index contributed by atoms with van der Waals surface area (Å²) in [6, 6.07) is 7.94. The lowest BCUT2D eigenvalue weighted by Gasteiger charge is -2.39. The molecular weight excluding hydrogens is 314 g/mol. The predicted molar refractivity (Wildman–Crippen MR) is 96.8 cm³/mol. The second kappa shape index (κ2) is 6.17. The Balaban J connectivity index is 2.26. The molecule has 0 spiro atoms. The highest BCUT2D eigenvalue weighted by molar-refractivity contribution is 6.06. The molecule has 0 amide bonds. The average molecular weight is 339 g/mol. The van der Waals surface area contributed by atoms with Crippen molar-refractivity contribution in [2.24, 2.45) is 5.41 Å². The van der Waals surface area contributed by atoms with Crippen LogP contribution in [0.5, 0.6) is 0 Å². The molecule has 0 bridgehead atoms. The number of nitrogens with one attached hydrogen (secondary N) is 1. The van der Waals surface area contributed by atoms with Gasteiger partial charge in [-0.15, -0.1) is 0 Å². The van der Waals surface area contributed by atoms with E-state index in [1.54, 1.807) is 0 Å². The number of rotatable bonds is 2. The van der Waals surface area contributed by atoms with Gasteiger partial charge in [-0.2, -0.15) is 0 Å². The molecule has 0 radical (unpaired) electrons. The van der Waals surface area contributed by atoms with Crippen LogP contribution in [0.4, 0.5) is 0 Å². The van der Waals surface area contributed by atoms with E-state index in [0.29, 0.717) is 5.57 Å². The summed E-state index contributed by atoms with van der Waals surface area (Å²) in [6.45, 7) is 7.86. The lowest BCUT2D eigenvalue weighted by atomic mass is 9.67. The largest absolute Gasteiger partial charge is 0.466 e. The number of ether oxygens (including phenoxy) is 1. The number of dihydropyridines is 1. The molecule has 0 aromatic heterocycles. The van der Waals surface area contributed by atoms with Gasteiger partial charge in [0, 0.05) is 28.3 Å². The summed E-state index contributed by atoms with van der Waals surface area (Å²) in [5.41, 5.74) is 4.59. The number of hydrogen-bond acceptors (Lipinski definition) is 4. The molecule has 1 N–H and O–H groups in total. The molecule has 1 aliphatic carbocycles. The number of hydrogen-bond donors (Lipinski definition) is 1. The van der Waals surface area contributed by atoms with Crippen molar-refractivity contribution >= 4 is 11.8 Å². The molecule has 132 valence electrons. The molecule has 1 aromatic rings.